The molecule has 0 fully saturated rings. The van der Waals surface area contributed by atoms with Gasteiger partial charge in [-0.3, -0.25) is 14.9 Å². The van der Waals surface area contributed by atoms with E-state index in [1.54, 1.807) is 11.0 Å². The van der Waals surface area contributed by atoms with Gasteiger partial charge in [-0.2, -0.15) is 0 Å². The average Bonchev–Trinajstić information content (AvgIpc) is 2.61. The van der Waals surface area contributed by atoms with Gasteiger partial charge >= 0.3 is 0 Å². The highest BCUT2D eigenvalue weighted by Gasteiger charge is 2.22. The van der Waals surface area contributed by atoms with Crippen molar-refractivity contribution in [2.24, 2.45) is 0 Å². The molecule has 2 aromatic carbocycles. The van der Waals surface area contributed by atoms with E-state index in [2.05, 4.69) is 5.32 Å². The van der Waals surface area contributed by atoms with Gasteiger partial charge in [0.05, 0.1) is 11.5 Å². The van der Waals surface area contributed by atoms with Crippen LogP contribution in [-0.4, -0.2) is 23.9 Å². The Labute approximate surface area is 150 Å². The second kappa shape index (κ2) is 7.63. The zero-order valence-corrected chi connectivity index (χ0v) is 14.3. The molecule has 3 rings (SSSR count). The Morgan fingerprint density at radius 1 is 1.28 bits per heavy atom. The summed E-state index contributed by atoms with van der Waals surface area (Å²) in [4.78, 5) is 24.9. The molecule has 1 aliphatic rings. The number of nitro benzene ring substituents is 1. The van der Waals surface area contributed by atoms with Gasteiger partial charge in [-0.15, -0.1) is 0 Å². The van der Waals surface area contributed by atoms with E-state index in [0.717, 1.165) is 18.5 Å². The molecule has 1 amide bonds. The number of halogens is 1. The molecule has 0 spiro atoms. The normalized spacial score (nSPS) is 13.4. The third kappa shape index (κ3) is 3.97. The molecular weight excluding hydrogens is 342 g/mol. The van der Waals surface area contributed by atoms with Crippen LogP contribution in [0.25, 0.3) is 0 Å². The lowest BCUT2D eigenvalue weighted by Gasteiger charge is -2.29. The molecule has 0 bridgehead atoms. The lowest BCUT2D eigenvalue weighted by Crippen LogP contribution is -2.41. The molecule has 1 aliphatic heterocycles. The number of nitro groups is 1. The van der Waals surface area contributed by atoms with Gasteiger partial charge in [0.25, 0.3) is 5.69 Å². The highest BCUT2D eigenvalue weighted by atomic mass is 35.5. The van der Waals surface area contributed by atoms with Crippen molar-refractivity contribution in [1.29, 1.82) is 0 Å². The number of nitrogens with zero attached hydrogens (tertiary/aromatic N) is 2. The van der Waals surface area contributed by atoms with Gasteiger partial charge in [-0.25, -0.2) is 0 Å². The predicted molar refractivity (Wildman–Crippen MR) is 96.9 cm³/mol. The van der Waals surface area contributed by atoms with E-state index >= 15 is 0 Å². The Balaban J connectivity index is 1.65. The van der Waals surface area contributed by atoms with Gasteiger partial charge in [0, 0.05) is 35.4 Å². The number of para-hydroxylation sites is 1. The summed E-state index contributed by atoms with van der Waals surface area (Å²) in [5, 5.41) is 14.5. The Kier molecular flexibility index (Phi) is 5.31. The van der Waals surface area contributed by atoms with Crippen molar-refractivity contribution in [3.8, 4) is 0 Å². The van der Waals surface area contributed by atoms with Gasteiger partial charge in [0.1, 0.15) is 0 Å². The van der Waals surface area contributed by atoms with Crippen LogP contribution in [0.1, 0.15) is 17.5 Å². The van der Waals surface area contributed by atoms with Crippen molar-refractivity contribution in [2.45, 2.75) is 19.4 Å². The fraction of sp³-hybridized carbons (Fsp3) is 0.278. The van der Waals surface area contributed by atoms with Crippen LogP contribution in [0.4, 0.5) is 11.4 Å². The Hall–Kier alpha value is -2.44. The number of anilines is 1. The summed E-state index contributed by atoms with van der Waals surface area (Å²) in [6.07, 6.45) is 1.91. The maximum absolute atomic E-state index is 12.5. The number of fused-ring (bicyclic) bond motifs is 1. The molecule has 2 aromatic rings. The Bertz CT molecular complexity index is 810. The number of amides is 1. The number of nitrogens with one attached hydrogen (secondary N) is 1. The Morgan fingerprint density at radius 3 is 2.88 bits per heavy atom. The number of carbonyl (C=O) groups is 1. The topological polar surface area (TPSA) is 75.5 Å². The smallest absolute Gasteiger partial charge is 0.273 e. The molecular formula is C18H18ClN3O3. The first kappa shape index (κ1) is 17.4. The van der Waals surface area contributed by atoms with E-state index in [4.69, 9.17) is 11.6 Å². The second-order valence-electron chi connectivity index (χ2n) is 5.91. The van der Waals surface area contributed by atoms with E-state index in [1.165, 1.54) is 17.7 Å². The standard InChI is InChI=1S/C18H18ClN3O3/c19-15-7-8-17(22(24)25)14(10-15)11-20-12-18(23)21-9-3-5-13-4-1-2-6-16(13)21/h1-2,4,6-8,10,20H,3,5,9,11-12H2. The monoisotopic (exact) mass is 359 g/mol. The summed E-state index contributed by atoms with van der Waals surface area (Å²) in [6, 6.07) is 12.3. The fourth-order valence-electron chi connectivity index (χ4n) is 3.07. The van der Waals surface area contributed by atoms with Crippen molar-refractivity contribution in [3.63, 3.8) is 0 Å². The molecule has 0 unspecified atom stereocenters. The molecule has 7 heteroatoms. The van der Waals surface area contributed by atoms with E-state index in [-0.39, 0.29) is 24.7 Å². The van der Waals surface area contributed by atoms with Gasteiger partial charge < -0.3 is 10.2 Å². The average molecular weight is 360 g/mol. The summed E-state index contributed by atoms with van der Waals surface area (Å²) < 4.78 is 0. The van der Waals surface area contributed by atoms with Gasteiger partial charge in [0.2, 0.25) is 5.91 Å². The maximum Gasteiger partial charge on any atom is 0.273 e. The first-order chi connectivity index (χ1) is 12.1. The molecule has 0 aromatic heterocycles. The summed E-state index contributed by atoms with van der Waals surface area (Å²) in [7, 11) is 0. The number of benzene rings is 2. The third-order valence-electron chi connectivity index (χ3n) is 4.24. The van der Waals surface area contributed by atoms with Crippen molar-refractivity contribution in [2.75, 3.05) is 18.0 Å². The van der Waals surface area contributed by atoms with Crippen LogP contribution in [0, 0.1) is 10.1 Å². The molecule has 6 nitrogen and oxygen atoms in total. The van der Waals surface area contributed by atoms with E-state index in [1.807, 2.05) is 24.3 Å². The first-order valence-corrected chi connectivity index (χ1v) is 8.46. The second-order valence-corrected chi connectivity index (χ2v) is 6.35. The molecule has 0 saturated carbocycles. The minimum Gasteiger partial charge on any atom is -0.311 e. The van der Waals surface area contributed by atoms with Gasteiger partial charge in [-0.05, 0) is 36.6 Å². The fourth-order valence-corrected chi connectivity index (χ4v) is 3.26. The molecule has 0 saturated heterocycles. The quantitative estimate of drug-likeness (QED) is 0.656. The number of aryl methyl sites for hydroxylation is 1. The zero-order chi connectivity index (χ0) is 17.8. The minimum absolute atomic E-state index is 0.00679. The largest absolute Gasteiger partial charge is 0.311 e. The zero-order valence-electron chi connectivity index (χ0n) is 13.6. The summed E-state index contributed by atoms with van der Waals surface area (Å²) in [6.45, 7) is 1.00. The van der Waals surface area contributed by atoms with Crippen molar-refractivity contribution < 1.29 is 9.72 Å². The number of rotatable bonds is 5. The summed E-state index contributed by atoms with van der Waals surface area (Å²) >= 11 is 5.92. The van der Waals surface area contributed by atoms with Gasteiger partial charge in [-0.1, -0.05) is 29.8 Å². The number of hydrogen-bond donors (Lipinski definition) is 1. The SMILES string of the molecule is O=C(CNCc1cc(Cl)ccc1[N+](=O)[O-])N1CCCc2ccccc21. The summed E-state index contributed by atoms with van der Waals surface area (Å²) in [5.41, 5.74) is 2.58. The molecule has 0 aliphatic carbocycles. The highest BCUT2D eigenvalue weighted by Crippen LogP contribution is 2.26. The lowest BCUT2D eigenvalue weighted by molar-refractivity contribution is -0.385. The lowest BCUT2D eigenvalue weighted by atomic mass is 10.0. The summed E-state index contributed by atoms with van der Waals surface area (Å²) in [5.74, 6) is -0.0446. The third-order valence-corrected chi connectivity index (χ3v) is 4.48. The van der Waals surface area contributed by atoms with Crippen LogP contribution in [0.15, 0.2) is 42.5 Å². The van der Waals surface area contributed by atoms with Crippen molar-refractivity contribution >= 4 is 28.9 Å². The van der Waals surface area contributed by atoms with Crippen LogP contribution in [0.5, 0.6) is 0 Å². The van der Waals surface area contributed by atoms with Crippen molar-refractivity contribution in [1.82, 2.24) is 5.32 Å². The first-order valence-electron chi connectivity index (χ1n) is 8.08. The maximum atomic E-state index is 12.5. The predicted octanol–water partition coefficient (Wildman–Crippen LogP) is 3.32. The molecule has 1 heterocycles. The molecule has 25 heavy (non-hydrogen) atoms. The number of carbonyl (C=O) groups excluding carboxylic acids is 1. The van der Waals surface area contributed by atoms with Gasteiger partial charge in [0.15, 0.2) is 0 Å². The van der Waals surface area contributed by atoms with E-state index in [0.29, 0.717) is 17.1 Å². The van der Waals surface area contributed by atoms with E-state index < -0.39 is 4.92 Å². The van der Waals surface area contributed by atoms with Crippen LogP contribution < -0.4 is 10.2 Å². The van der Waals surface area contributed by atoms with Crippen LogP contribution in [0.2, 0.25) is 5.02 Å². The minimum atomic E-state index is -0.448. The van der Waals surface area contributed by atoms with E-state index in [9.17, 15) is 14.9 Å². The highest BCUT2D eigenvalue weighted by molar-refractivity contribution is 6.30. The van der Waals surface area contributed by atoms with Crippen LogP contribution in [0.3, 0.4) is 0 Å². The van der Waals surface area contributed by atoms with Crippen molar-refractivity contribution in [3.05, 3.63) is 68.7 Å². The Morgan fingerprint density at radius 2 is 2.08 bits per heavy atom. The molecule has 130 valence electrons. The molecule has 0 radical (unpaired) electrons. The van der Waals surface area contributed by atoms with Crippen LogP contribution >= 0.6 is 11.6 Å². The molecule has 1 N–H and O–H groups in total. The van der Waals surface area contributed by atoms with Crippen LogP contribution in [-0.2, 0) is 17.8 Å². The molecule has 0 atom stereocenters. The number of hydrogen-bond acceptors (Lipinski definition) is 4.